The van der Waals surface area contributed by atoms with Gasteiger partial charge in [0.15, 0.2) is 6.29 Å². The van der Waals surface area contributed by atoms with Crippen molar-refractivity contribution in [3.8, 4) is 0 Å². The standard InChI is InChI=1S/C11H16ClN3O/c1-4-7(2)5-13-11-9(6-16)10(12)14-8(3)15-11/h6-7H,4-5H2,1-3H3,(H,13,14,15). The molecule has 0 aliphatic carbocycles. The number of aryl methyl sites for hydroxylation is 1. The van der Waals surface area contributed by atoms with E-state index in [1.807, 2.05) is 0 Å². The van der Waals surface area contributed by atoms with Gasteiger partial charge in [0.2, 0.25) is 0 Å². The van der Waals surface area contributed by atoms with Crippen LogP contribution < -0.4 is 5.32 Å². The van der Waals surface area contributed by atoms with Crippen molar-refractivity contribution in [1.29, 1.82) is 0 Å². The van der Waals surface area contributed by atoms with Crippen molar-refractivity contribution in [2.75, 3.05) is 11.9 Å². The van der Waals surface area contributed by atoms with E-state index in [1.54, 1.807) is 6.92 Å². The summed E-state index contributed by atoms with van der Waals surface area (Å²) in [5.74, 6) is 1.60. The Bertz CT molecular complexity index is 382. The minimum atomic E-state index is 0.203. The molecular weight excluding hydrogens is 226 g/mol. The Labute approximate surface area is 100 Å². The second-order valence-electron chi connectivity index (χ2n) is 3.84. The smallest absolute Gasteiger partial charge is 0.156 e. The van der Waals surface area contributed by atoms with Crippen molar-refractivity contribution in [2.45, 2.75) is 27.2 Å². The van der Waals surface area contributed by atoms with Crippen molar-refractivity contribution in [2.24, 2.45) is 5.92 Å². The van der Waals surface area contributed by atoms with Gasteiger partial charge in [-0.25, -0.2) is 9.97 Å². The van der Waals surface area contributed by atoms with E-state index in [0.29, 0.717) is 29.4 Å². The number of hydrogen-bond acceptors (Lipinski definition) is 4. The summed E-state index contributed by atoms with van der Waals surface area (Å²) in [4.78, 5) is 19.0. The number of hydrogen-bond donors (Lipinski definition) is 1. The molecule has 0 aliphatic heterocycles. The minimum absolute atomic E-state index is 0.203. The van der Waals surface area contributed by atoms with Crippen LogP contribution in [0.25, 0.3) is 0 Å². The molecule has 1 atom stereocenters. The van der Waals surface area contributed by atoms with Crippen LogP contribution in [-0.2, 0) is 0 Å². The molecule has 0 bridgehead atoms. The number of nitrogens with zero attached hydrogens (tertiary/aromatic N) is 2. The van der Waals surface area contributed by atoms with Gasteiger partial charge in [0.05, 0.1) is 5.56 Å². The molecule has 0 spiro atoms. The lowest BCUT2D eigenvalue weighted by molar-refractivity contribution is 0.112. The Morgan fingerprint density at radius 2 is 2.19 bits per heavy atom. The van der Waals surface area contributed by atoms with Crippen molar-refractivity contribution >= 4 is 23.7 Å². The van der Waals surface area contributed by atoms with Gasteiger partial charge in [0.25, 0.3) is 0 Å². The molecular formula is C11H16ClN3O. The maximum absolute atomic E-state index is 10.9. The highest BCUT2D eigenvalue weighted by Gasteiger charge is 2.11. The van der Waals surface area contributed by atoms with Gasteiger partial charge >= 0.3 is 0 Å². The highest BCUT2D eigenvalue weighted by molar-refractivity contribution is 6.32. The molecule has 0 fully saturated rings. The van der Waals surface area contributed by atoms with Crippen LogP contribution >= 0.6 is 11.6 Å². The Balaban J connectivity index is 2.89. The fraction of sp³-hybridized carbons (Fsp3) is 0.545. The number of carbonyl (C=O) groups excluding carboxylic acids is 1. The Morgan fingerprint density at radius 1 is 1.50 bits per heavy atom. The molecule has 0 saturated carbocycles. The largest absolute Gasteiger partial charge is 0.369 e. The summed E-state index contributed by atoms with van der Waals surface area (Å²) in [6.07, 6.45) is 1.75. The Hall–Kier alpha value is -1.16. The van der Waals surface area contributed by atoms with Crippen molar-refractivity contribution in [3.63, 3.8) is 0 Å². The molecule has 0 aliphatic rings. The summed E-state index contributed by atoms with van der Waals surface area (Å²) in [6.45, 7) is 6.76. The lowest BCUT2D eigenvalue weighted by atomic mass is 10.1. The summed E-state index contributed by atoms with van der Waals surface area (Å²) in [5, 5.41) is 3.33. The van der Waals surface area contributed by atoms with Gasteiger partial charge < -0.3 is 5.32 Å². The van der Waals surface area contributed by atoms with Crippen molar-refractivity contribution in [1.82, 2.24) is 9.97 Å². The Kier molecular flexibility index (Phi) is 4.68. The number of halogens is 1. The first-order valence-corrected chi connectivity index (χ1v) is 5.69. The van der Waals surface area contributed by atoms with E-state index in [2.05, 4.69) is 29.1 Å². The maximum atomic E-state index is 10.9. The van der Waals surface area contributed by atoms with Gasteiger partial charge in [-0.05, 0) is 12.8 Å². The monoisotopic (exact) mass is 241 g/mol. The van der Waals surface area contributed by atoms with Gasteiger partial charge in [-0.15, -0.1) is 0 Å². The van der Waals surface area contributed by atoms with E-state index in [4.69, 9.17) is 11.6 Å². The van der Waals surface area contributed by atoms with Gasteiger partial charge in [-0.2, -0.15) is 0 Å². The highest BCUT2D eigenvalue weighted by Crippen LogP contribution is 2.19. The van der Waals surface area contributed by atoms with Crippen LogP contribution in [0.5, 0.6) is 0 Å². The van der Waals surface area contributed by atoms with Crippen LogP contribution in [0.15, 0.2) is 0 Å². The van der Waals surface area contributed by atoms with Crippen LogP contribution in [0.3, 0.4) is 0 Å². The zero-order chi connectivity index (χ0) is 12.1. The van der Waals surface area contributed by atoms with Gasteiger partial charge in [-0.1, -0.05) is 31.9 Å². The third-order valence-electron chi connectivity index (χ3n) is 2.44. The third kappa shape index (κ3) is 3.17. The van der Waals surface area contributed by atoms with Crippen LogP contribution in [0.2, 0.25) is 5.15 Å². The Morgan fingerprint density at radius 3 is 2.75 bits per heavy atom. The van der Waals surface area contributed by atoms with Crippen LogP contribution in [0.1, 0.15) is 36.5 Å². The van der Waals surface area contributed by atoms with Gasteiger partial charge in [-0.3, -0.25) is 4.79 Å². The average Bonchev–Trinajstić information content (AvgIpc) is 2.25. The van der Waals surface area contributed by atoms with Gasteiger partial charge in [0.1, 0.15) is 16.8 Å². The fourth-order valence-electron chi connectivity index (χ4n) is 1.20. The number of carbonyl (C=O) groups is 1. The SMILES string of the molecule is CCC(C)CNc1nc(C)nc(Cl)c1C=O. The molecule has 0 saturated heterocycles. The fourth-order valence-corrected chi connectivity index (χ4v) is 1.46. The first-order chi connectivity index (χ1) is 7.58. The third-order valence-corrected chi connectivity index (χ3v) is 2.73. The molecule has 1 aromatic rings. The second kappa shape index (κ2) is 5.80. The topological polar surface area (TPSA) is 54.9 Å². The molecule has 16 heavy (non-hydrogen) atoms. The zero-order valence-corrected chi connectivity index (χ0v) is 10.5. The van der Waals surface area contributed by atoms with E-state index in [0.717, 1.165) is 13.0 Å². The molecule has 88 valence electrons. The van der Waals surface area contributed by atoms with E-state index in [9.17, 15) is 4.79 Å². The van der Waals surface area contributed by atoms with Crippen molar-refractivity contribution in [3.05, 3.63) is 16.5 Å². The quantitative estimate of drug-likeness (QED) is 0.636. The number of rotatable bonds is 5. The highest BCUT2D eigenvalue weighted by atomic mass is 35.5. The number of nitrogens with one attached hydrogen (secondary N) is 1. The first kappa shape index (κ1) is 12.9. The molecule has 0 radical (unpaired) electrons. The van der Waals surface area contributed by atoms with Crippen LogP contribution in [-0.4, -0.2) is 22.8 Å². The molecule has 0 aromatic carbocycles. The average molecular weight is 242 g/mol. The van der Waals surface area contributed by atoms with E-state index in [1.165, 1.54) is 0 Å². The lowest BCUT2D eigenvalue weighted by Gasteiger charge is -2.12. The summed E-state index contributed by atoms with van der Waals surface area (Å²) in [7, 11) is 0. The number of aldehydes is 1. The summed E-state index contributed by atoms with van der Waals surface area (Å²) in [5.41, 5.74) is 0.329. The molecule has 1 rings (SSSR count). The molecule has 1 aromatic heterocycles. The maximum Gasteiger partial charge on any atom is 0.156 e. The zero-order valence-electron chi connectivity index (χ0n) is 9.75. The molecule has 1 unspecified atom stereocenters. The second-order valence-corrected chi connectivity index (χ2v) is 4.19. The van der Waals surface area contributed by atoms with Crippen LogP contribution in [0.4, 0.5) is 5.82 Å². The molecule has 5 heteroatoms. The first-order valence-electron chi connectivity index (χ1n) is 5.31. The van der Waals surface area contributed by atoms with Crippen LogP contribution in [0, 0.1) is 12.8 Å². The van der Waals surface area contributed by atoms with E-state index < -0.39 is 0 Å². The normalized spacial score (nSPS) is 12.2. The van der Waals surface area contributed by atoms with E-state index in [-0.39, 0.29) is 5.15 Å². The van der Waals surface area contributed by atoms with Gasteiger partial charge in [0, 0.05) is 6.54 Å². The minimum Gasteiger partial charge on any atom is -0.369 e. The number of anilines is 1. The molecule has 1 N–H and O–H groups in total. The molecule has 4 nitrogen and oxygen atoms in total. The number of aromatic nitrogens is 2. The van der Waals surface area contributed by atoms with E-state index >= 15 is 0 Å². The van der Waals surface area contributed by atoms with Crippen molar-refractivity contribution < 1.29 is 4.79 Å². The summed E-state index contributed by atoms with van der Waals surface area (Å²) < 4.78 is 0. The predicted octanol–water partition coefficient (Wildman–Crippen LogP) is 2.71. The lowest BCUT2D eigenvalue weighted by Crippen LogP contribution is -2.14. The predicted molar refractivity (Wildman–Crippen MR) is 65.1 cm³/mol. The summed E-state index contributed by atoms with van der Waals surface area (Å²) in [6, 6.07) is 0. The molecule has 0 amide bonds. The summed E-state index contributed by atoms with van der Waals surface area (Å²) >= 11 is 5.86. The molecule has 1 heterocycles.